The SMILES string of the molecule is Cc1cc(C(CN)C(F)(F)F)nn1C. The van der Waals surface area contributed by atoms with Crippen LogP contribution in [0.25, 0.3) is 0 Å². The summed E-state index contributed by atoms with van der Waals surface area (Å²) in [5, 5.41) is 3.76. The Morgan fingerprint density at radius 3 is 2.43 bits per heavy atom. The standard InChI is InChI=1S/C8H12F3N3/c1-5-3-7(13-14(5)2)6(4-12)8(9,10)11/h3,6H,4,12H2,1-2H3. The lowest BCUT2D eigenvalue weighted by Crippen LogP contribution is -2.28. The number of rotatable bonds is 2. The van der Waals surface area contributed by atoms with Crippen molar-refractivity contribution in [2.75, 3.05) is 6.54 Å². The van der Waals surface area contributed by atoms with Gasteiger partial charge in [-0.05, 0) is 13.0 Å². The Hall–Kier alpha value is -1.04. The molecule has 1 aromatic rings. The van der Waals surface area contributed by atoms with Crippen LogP contribution in [0.3, 0.4) is 0 Å². The van der Waals surface area contributed by atoms with E-state index in [1.807, 2.05) is 0 Å². The predicted octanol–water partition coefficient (Wildman–Crippen LogP) is 1.33. The summed E-state index contributed by atoms with van der Waals surface area (Å²) in [6.45, 7) is 1.22. The number of halogens is 3. The van der Waals surface area contributed by atoms with Gasteiger partial charge in [-0.1, -0.05) is 0 Å². The van der Waals surface area contributed by atoms with E-state index in [9.17, 15) is 13.2 Å². The van der Waals surface area contributed by atoms with Crippen LogP contribution in [0.4, 0.5) is 13.2 Å². The molecule has 0 aliphatic rings. The van der Waals surface area contributed by atoms with E-state index in [0.29, 0.717) is 5.69 Å². The molecule has 0 amide bonds. The smallest absolute Gasteiger partial charge is 0.329 e. The van der Waals surface area contributed by atoms with Gasteiger partial charge >= 0.3 is 6.18 Å². The number of aryl methyl sites for hydroxylation is 2. The minimum absolute atomic E-state index is 0.0139. The summed E-state index contributed by atoms with van der Waals surface area (Å²) in [6, 6.07) is 1.41. The summed E-state index contributed by atoms with van der Waals surface area (Å²) in [7, 11) is 1.60. The Balaban J connectivity index is 3.01. The van der Waals surface area contributed by atoms with Crippen LogP contribution in [0.5, 0.6) is 0 Å². The normalized spacial score (nSPS) is 14.4. The van der Waals surface area contributed by atoms with Gasteiger partial charge in [0.2, 0.25) is 0 Å². The Labute approximate surface area is 79.7 Å². The highest BCUT2D eigenvalue weighted by molar-refractivity contribution is 5.15. The number of hydrogen-bond acceptors (Lipinski definition) is 2. The van der Waals surface area contributed by atoms with Crippen LogP contribution in [-0.4, -0.2) is 22.5 Å². The van der Waals surface area contributed by atoms with Gasteiger partial charge in [0.15, 0.2) is 0 Å². The number of nitrogens with zero attached hydrogens (tertiary/aromatic N) is 2. The fourth-order valence-corrected chi connectivity index (χ4v) is 1.18. The first-order chi connectivity index (χ1) is 6.36. The molecule has 0 spiro atoms. The summed E-state index contributed by atoms with van der Waals surface area (Å²) < 4.78 is 38.7. The largest absolute Gasteiger partial charge is 0.398 e. The van der Waals surface area contributed by atoms with Crippen LogP contribution in [0.2, 0.25) is 0 Å². The van der Waals surface area contributed by atoms with Crippen LogP contribution >= 0.6 is 0 Å². The van der Waals surface area contributed by atoms with Gasteiger partial charge in [-0.2, -0.15) is 18.3 Å². The quantitative estimate of drug-likeness (QED) is 0.795. The molecule has 2 N–H and O–H groups in total. The van der Waals surface area contributed by atoms with Crippen molar-refractivity contribution >= 4 is 0 Å². The van der Waals surface area contributed by atoms with Crippen molar-refractivity contribution in [1.29, 1.82) is 0 Å². The topological polar surface area (TPSA) is 43.8 Å². The van der Waals surface area contributed by atoms with E-state index < -0.39 is 18.6 Å². The summed E-state index contributed by atoms with van der Waals surface area (Å²) >= 11 is 0. The lowest BCUT2D eigenvalue weighted by Gasteiger charge is -2.15. The molecule has 1 heterocycles. The minimum Gasteiger partial charge on any atom is -0.329 e. The zero-order chi connectivity index (χ0) is 10.9. The second kappa shape index (κ2) is 3.61. The first-order valence-electron chi connectivity index (χ1n) is 4.13. The molecule has 0 saturated heterocycles. The van der Waals surface area contributed by atoms with Crippen LogP contribution in [0.15, 0.2) is 6.07 Å². The van der Waals surface area contributed by atoms with Crippen LogP contribution in [0, 0.1) is 6.92 Å². The Bertz CT molecular complexity index is 297. The molecular weight excluding hydrogens is 195 g/mol. The van der Waals surface area contributed by atoms with Crippen molar-refractivity contribution in [3.8, 4) is 0 Å². The molecular formula is C8H12F3N3. The van der Waals surface area contributed by atoms with Gasteiger partial charge < -0.3 is 5.73 Å². The molecule has 1 aromatic heterocycles. The van der Waals surface area contributed by atoms with Crippen molar-refractivity contribution in [2.24, 2.45) is 12.8 Å². The van der Waals surface area contributed by atoms with E-state index >= 15 is 0 Å². The third-order valence-electron chi connectivity index (χ3n) is 2.12. The van der Waals surface area contributed by atoms with E-state index in [0.717, 1.165) is 0 Å². The Morgan fingerprint density at radius 2 is 2.14 bits per heavy atom. The molecule has 0 aromatic carbocycles. The second-order valence-corrected chi connectivity index (χ2v) is 3.16. The Kier molecular flexibility index (Phi) is 2.84. The zero-order valence-electron chi connectivity index (χ0n) is 7.97. The highest BCUT2D eigenvalue weighted by Gasteiger charge is 2.41. The number of nitrogens with two attached hydrogens (primary N) is 1. The van der Waals surface area contributed by atoms with E-state index in [4.69, 9.17) is 5.73 Å². The zero-order valence-corrected chi connectivity index (χ0v) is 7.97. The summed E-state index contributed by atoms with van der Waals surface area (Å²) in [6.07, 6.45) is -4.32. The summed E-state index contributed by atoms with van der Waals surface area (Å²) in [4.78, 5) is 0. The third kappa shape index (κ3) is 2.06. The molecule has 0 radical (unpaired) electrons. The molecule has 0 fully saturated rings. The second-order valence-electron chi connectivity index (χ2n) is 3.16. The number of alkyl halides is 3. The van der Waals surface area contributed by atoms with E-state index in [1.165, 1.54) is 10.7 Å². The Morgan fingerprint density at radius 1 is 1.57 bits per heavy atom. The monoisotopic (exact) mass is 207 g/mol. The lowest BCUT2D eigenvalue weighted by atomic mass is 10.1. The van der Waals surface area contributed by atoms with Crippen molar-refractivity contribution in [1.82, 2.24) is 9.78 Å². The fourth-order valence-electron chi connectivity index (χ4n) is 1.18. The number of aromatic nitrogens is 2. The summed E-state index contributed by atoms with van der Waals surface area (Å²) in [5.41, 5.74) is 5.75. The highest BCUT2D eigenvalue weighted by Crippen LogP contribution is 2.33. The van der Waals surface area contributed by atoms with Crippen molar-refractivity contribution in [3.63, 3.8) is 0 Å². The first kappa shape index (κ1) is 11.0. The van der Waals surface area contributed by atoms with Gasteiger partial charge in [0.1, 0.15) is 5.92 Å². The van der Waals surface area contributed by atoms with Gasteiger partial charge in [0.25, 0.3) is 0 Å². The molecule has 0 saturated carbocycles. The molecule has 1 rings (SSSR count). The fraction of sp³-hybridized carbons (Fsp3) is 0.625. The molecule has 0 aliphatic carbocycles. The molecule has 80 valence electrons. The molecule has 1 unspecified atom stereocenters. The van der Waals surface area contributed by atoms with Gasteiger partial charge in [0, 0.05) is 19.3 Å². The minimum atomic E-state index is -4.32. The third-order valence-corrected chi connectivity index (χ3v) is 2.12. The maximum absolute atomic E-state index is 12.4. The maximum atomic E-state index is 12.4. The molecule has 6 heteroatoms. The van der Waals surface area contributed by atoms with Crippen LogP contribution < -0.4 is 5.73 Å². The average molecular weight is 207 g/mol. The molecule has 0 bridgehead atoms. The molecule has 3 nitrogen and oxygen atoms in total. The van der Waals surface area contributed by atoms with E-state index in [-0.39, 0.29) is 5.69 Å². The predicted molar refractivity (Wildman–Crippen MR) is 45.8 cm³/mol. The molecule has 14 heavy (non-hydrogen) atoms. The van der Waals surface area contributed by atoms with Crippen molar-refractivity contribution in [3.05, 3.63) is 17.5 Å². The van der Waals surface area contributed by atoms with E-state index in [2.05, 4.69) is 5.10 Å². The van der Waals surface area contributed by atoms with E-state index in [1.54, 1.807) is 14.0 Å². The van der Waals surface area contributed by atoms with Gasteiger partial charge in [-0.3, -0.25) is 4.68 Å². The maximum Gasteiger partial charge on any atom is 0.398 e. The molecule has 1 atom stereocenters. The van der Waals surface area contributed by atoms with Gasteiger partial charge in [-0.15, -0.1) is 0 Å². The van der Waals surface area contributed by atoms with Crippen molar-refractivity contribution < 1.29 is 13.2 Å². The summed E-state index contributed by atoms with van der Waals surface area (Å²) in [5.74, 6) is -1.66. The number of hydrogen-bond donors (Lipinski definition) is 1. The van der Waals surface area contributed by atoms with Crippen LogP contribution in [-0.2, 0) is 7.05 Å². The first-order valence-corrected chi connectivity index (χ1v) is 4.13. The molecule has 0 aliphatic heterocycles. The van der Waals surface area contributed by atoms with Crippen LogP contribution in [0.1, 0.15) is 17.3 Å². The lowest BCUT2D eigenvalue weighted by molar-refractivity contribution is -0.148. The highest BCUT2D eigenvalue weighted by atomic mass is 19.4. The average Bonchev–Trinajstić information content (AvgIpc) is 2.30. The van der Waals surface area contributed by atoms with Gasteiger partial charge in [-0.25, -0.2) is 0 Å². The van der Waals surface area contributed by atoms with Gasteiger partial charge in [0.05, 0.1) is 5.69 Å². The van der Waals surface area contributed by atoms with Crippen molar-refractivity contribution in [2.45, 2.75) is 19.0 Å².